The zero-order valence-corrected chi connectivity index (χ0v) is 13.1. The monoisotopic (exact) mass is 294 g/mol. The molecule has 0 aliphatic heterocycles. The minimum Gasteiger partial charge on any atom is -0.491 e. The largest absolute Gasteiger partial charge is 0.491 e. The van der Waals surface area contributed by atoms with Gasteiger partial charge in [0.25, 0.3) is 0 Å². The van der Waals surface area contributed by atoms with Gasteiger partial charge in [0, 0.05) is 13.7 Å². The van der Waals surface area contributed by atoms with Gasteiger partial charge in [0.1, 0.15) is 12.4 Å². The quantitative estimate of drug-likeness (QED) is 0.682. The molecule has 1 atom stereocenters. The molecular weight excluding hydrogens is 268 g/mol. The van der Waals surface area contributed by atoms with Crippen molar-refractivity contribution < 1.29 is 14.3 Å². The first kappa shape index (κ1) is 17.5. The van der Waals surface area contributed by atoms with Gasteiger partial charge in [-0.3, -0.25) is 4.79 Å². The van der Waals surface area contributed by atoms with Crippen LogP contribution in [0, 0.1) is 0 Å². The molecule has 0 aliphatic rings. The summed E-state index contributed by atoms with van der Waals surface area (Å²) in [6, 6.07) is 7.63. The highest BCUT2D eigenvalue weighted by molar-refractivity contribution is 5.85. The van der Waals surface area contributed by atoms with Crippen molar-refractivity contribution in [2.75, 3.05) is 20.3 Å². The summed E-state index contributed by atoms with van der Waals surface area (Å²) in [5, 5.41) is 2.87. The van der Waals surface area contributed by atoms with E-state index in [2.05, 4.69) is 5.32 Å². The summed E-state index contributed by atoms with van der Waals surface area (Å²) in [4.78, 5) is 12.0. The number of ether oxygens (including phenoxy) is 2. The van der Waals surface area contributed by atoms with Gasteiger partial charge in [-0.1, -0.05) is 25.5 Å². The van der Waals surface area contributed by atoms with Gasteiger partial charge in [-0.2, -0.15) is 0 Å². The Morgan fingerprint density at radius 1 is 1.38 bits per heavy atom. The van der Waals surface area contributed by atoms with Gasteiger partial charge >= 0.3 is 0 Å². The normalized spacial score (nSPS) is 13.5. The fourth-order valence-corrected chi connectivity index (χ4v) is 2.01. The van der Waals surface area contributed by atoms with Gasteiger partial charge in [0.2, 0.25) is 5.91 Å². The lowest BCUT2D eigenvalue weighted by atomic mass is 9.96. The van der Waals surface area contributed by atoms with Crippen LogP contribution in [0.2, 0.25) is 0 Å². The molecule has 0 aromatic heterocycles. The number of nitrogens with two attached hydrogens (primary N) is 1. The molecule has 5 nitrogen and oxygen atoms in total. The van der Waals surface area contributed by atoms with Crippen LogP contribution >= 0.6 is 0 Å². The van der Waals surface area contributed by atoms with Gasteiger partial charge in [-0.05, 0) is 31.0 Å². The molecule has 3 N–H and O–H groups in total. The summed E-state index contributed by atoms with van der Waals surface area (Å²) in [6.45, 7) is 5.26. The highest BCUT2D eigenvalue weighted by atomic mass is 16.5. The maximum Gasteiger partial charge on any atom is 0.240 e. The second-order valence-corrected chi connectivity index (χ2v) is 5.34. The summed E-state index contributed by atoms with van der Waals surface area (Å²) in [6.07, 6.45) is 1.54. The van der Waals surface area contributed by atoms with Crippen molar-refractivity contribution in [2.24, 2.45) is 5.73 Å². The van der Waals surface area contributed by atoms with Crippen LogP contribution in [0.15, 0.2) is 24.3 Å². The number of amides is 1. The Labute approximate surface area is 126 Å². The van der Waals surface area contributed by atoms with Crippen molar-refractivity contribution in [1.29, 1.82) is 0 Å². The number of hydrogen-bond donors (Lipinski definition) is 2. The molecule has 21 heavy (non-hydrogen) atoms. The first-order chi connectivity index (χ1) is 9.99. The Morgan fingerprint density at radius 2 is 2.14 bits per heavy atom. The lowest BCUT2D eigenvalue weighted by Crippen LogP contribution is -2.51. The Bertz CT molecular complexity index is 447. The molecular formula is C16H26N2O3. The van der Waals surface area contributed by atoms with E-state index in [1.165, 1.54) is 0 Å². The van der Waals surface area contributed by atoms with Gasteiger partial charge < -0.3 is 20.5 Å². The minimum atomic E-state index is -0.818. The molecule has 0 spiro atoms. The van der Waals surface area contributed by atoms with E-state index in [1.807, 2.05) is 31.2 Å². The van der Waals surface area contributed by atoms with Crippen molar-refractivity contribution >= 4 is 5.91 Å². The van der Waals surface area contributed by atoms with Crippen LogP contribution in [0.3, 0.4) is 0 Å². The van der Waals surface area contributed by atoms with Crippen molar-refractivity contribution in [2.45, 2.75) is 38.8 Å². The van der Waals surface area contributed by atoms with E-state index in [0.29, 0.717) is 26.2 Å². The highest BCUT2D eigenvalue weighted by Gasteiger charge is 2.26. The topological polar surface area (TPSA) is 73.6 Å². The van der Waals surface area contributed by atoms with Gasteiger partial charge in [-0.15, -0.1) is 0 Å². The molecule has 5 heteroatoms. The summed E-state index contributed by atoms with van der Waals surface area (Å²) >= 11 is 0. The molecule has 1 aromatic rings. The van der Waals surface area contributed by atoms with Crippen LogP contribution in [-0.4, -0.2) is 31.8 Å². The summed E-state index contributed by atoms with van der Waals surface area (Å²) in [5.74, 6) is 0.637. The first-order valence-corrected chi connectivity index (χ1v) is 7.27. The number of carbonyl (C=O) groups is 1. The van der Waals surface area contributed by atoms with Crippen LogP contribution in [-0.2, 0) is 16.1 Å². The predicted molar refractivity (Wildman–Crippen MR) is 83.2 cm³/mol. The second kappa shape index (κ2) is 8.64. The third kappa shape index (κ3) is 6.14. The van der Waals surface area contributed by atoms with E-state index in [-0.39, 0.29) is 5.91 Å². The smallest absolute Gasteiger partial charge is 0.240 e. The minimum absolute atomic E-state index is 0.130. The van der Waals surface area contributed by atoms with Crippen LogP contribution in [0.1, 0.15) is 32.3 Å². The average Bonchev–Trinajstić information content (AvgIpc) is 2.45. The molecule has 1 rings (SSSR count). The molecule has 1 unspecified atom stereocenters. The Kier molecular flexibility index (Phi) is 7.19. The lowest BCUT2D eigenvalue weighted by molar-refractivity contribution is -0.126. The Balaban J connectivity index is 2.51. The fourth-order valence-electron chi connectivity index (χ4n) is 2.01. The van der Waals surface area contributed by atoms with E-state index in [1.54, 1.807) is 14.0 Å². The molecule has 0 aliphatic carbocycles. The van der Waals surface area contributed by atoms with E-state index >= 15 is 0 Å². The molecule has 0 fully saturated rings. The molecule has 118 valence electrons. The maximum atomic E-state index is 12.0. The molecule has 1 aromatic carbocycles. The van der Waals surface area contributed by atoms with Gasteiger partial charge in [-0.25, -0.2) is 0 Å². The van der Waals surface area contributed by atoms with E-state index in [0.717, 1.165) is 17.7 Å². The molecule has 0 radical (unpaired) electrons. The van der Waals surface area contributed by atoms with Crippen LogP contribution < -0.4 is 15.8 Å². The standard InChI is InChI=1S/C16H26N2O3/c1-4-8-16(2,17)15(19)18-12-13-6-5-7-14(11-13)21-10-9-20-3/h5-7,11H,4,8-10,12,17H2,1-3H3,(H,18,19). The predicted octanol–water partition coefficient (Wildman–Crippen LogP) is 1.85. The zero-order valence-electron chi connectivity index (χ0n) is 13.1. The molecule has 0 bridgehead atoms. The van der Waals surface area contributed by atoms with Crippen LogP contribution in [0.25, 0.3) is 0 Å². The van der Waals surface area contributed by atoms with Crippen molar-refractivity contribution in [1.82, 2.24) is 5.32 Å². The Morgan fingerprint density at radius 3 is 2.81 bits per heavy atom. The zero-order chi connectivity index (χ0) is 15.7. The lowest BCUT2D eigenvalue weighted by Gasteiger charge is -2.22. The van der Waals surface area contributed by atoms with E-state index in [4.69, 9.17) is 15.2 Å². The Hall–Kier alpha value is -1.59. The number of hydrogen-bond acceptors (Lipinski definition) is 4. The molecule has 0 saturated carbocycles. The van der Waals surface area contributed by atoms with Gasteiger partial charge in [0.15, 0.2) is 0 Å². The summed E-state index contributed by atoms with van der Waals surface area (Å²) in [5.41, 5.74) is 6.15. The highest BCUT2D eigenvalue weighted by Crippen LogP contribution is 2.14. The second-order valence-electron chi connectivity index (χ2n) is 5.34. The molecule has 1 amide bonds. The number of benzene rings is 1. The number of rotatable bonds is 9. The molecule has 0 saturated heterocycles. The average molecular weight is 294 g/mol. The number of carbonyl (C=O) groups excluding carboxylic acids is 1. The van der Waals surface area contributed by atoms with E-state index < -0.39 is 5.54 Å². The van der Waals surface area contributed by atoms with Crippen LogP contribution in [0.4, 0.5) is 0 Å². The SMILES string of the molecule is CCCC(C)(N)C(=O)NCc1cccc(OCCOC)c1. The fraction of sp³-hybridized carbons (Fsp3) is 0.562. The first-order valence-electron chi connectivity index (χ1n) is 7.27. The van der Waals surface area contributed by atoms with Gasteiger partial charge in [0.05, 0.1) is 12.1 Å². The summed E-state index contributed by atoms with van der Waals surface area (Å²) < 4.78 is 10.5. The third-order valence-electron chi connectivity index (χ3n) is 3.20. The molecule has 0 heterocycles. The number of methoxy groups -OCH3 is 1. The summed E-state index contributed by atoms with van der Waals surface area (Å²) in [7, 11) is 1.63. The van der Waals surface area contributed by atoms with Crippen molar-refractivity contribution in [3.05, 3.63) is 29.8 Å². The third-order valence-corrected chi connectivity index (χ3v) is 3.20. The number of nitrogens with one attached hydrogen (secondary N) is 1. The van der Waals surface area contributed by atoms with Crippen molar-refractivity contribution in [3.63, 3.8) is 0 Å². The van der Waals surface area contributed by atoms with Crippen LogP contribution in [0.5, 0.6) is 5.75 Å². The van der Waals surface area contributed by atoms with Crippen molar-refractivity contribution in [3.8, 4) is 5.75 Å². The maximum absolute atomic E-state index is 12.0. The van der Waals surface area contributed by atoms with E-state index in [9.17, 15) is 4.79 Å².